The third-order valence-electron chi connectivity index (χ3n) is 4.80. The maximum Gasteiger partial charge on any atom is 0.0682 e. The summed E-state index contributed by atoms with van der Waals surface area (Å²) in [6, 6.07) is 0. The second-order valence-corrected chi connectivity index (χ2v) is 6.53. The third-order valence-corrected chi connectivity index (χ3v) is 4.80. The topological polar surface area (TPSA) is 20.2 Å². The molecule has 0 aromatic carbocycles. The van der Waals surface area contributed by atoms with Crippen LogP contribution in [0.25, 0.3) is 0 Å². The van der Waals surface area contributed by atoms with Gasteiger partial charge in [0.05, 0.1) is 5.60 Å². The van der Waals surface area contributed by atoms with Gasteiger partial charge in [0.15, 0.2) is 0 Å². The average Bonchev–Trinajstić information content (AvgIpc) is 2.08. The zero-order chi connectivity index (χ0) is 11.3. The molecule has 2 aliphatic rings. The number of allylic oxidation sites excluding steroid dienone is 1. The molecule has 0 saturated heterocycles. The van der Waals surface area contributed by atoms with Crippen molar-refractivity contribution in [3.05, 3.63) is 11.6 Å². The maximum absolute atomic E-state index is 10.3. The molecule has 0 heterocycles. The molecule has 1 heteroatoms. The smallest absolute Gasteiger partial charge is 0.0682 e. The molecular formula is C14H24O. The third kappa shape index (κ3) is 1.87. The summed E-state index contributed by atoms with van der Waals surface area (Å²) >= 11 is 0. The first-order valence-corrected chi connectivity index (χ1v) is 6.24. The lowest BCUT2D eigenvalue weighted by Crippen LogP contribution is -2.44. The summed E-state index contributed by atoms with van der Waals surface area (Å²) in [7, 11) is 0. The minimum Gasteiger partial charge on any atom is -0.390 e. The number of rotatable bonds is 0. The van der Waals surface area contributed by atoms with E-state index in [1.54, 1.807) is 0 Å². The van der Waals surface area contributed by atoms with E-state index in [2.05, 4.69) is 26.8 Å². The average molecular weight is 208 g/mol. The molecule has 0 aromatic heterocycles. The van der Waals surface area contributed by atoms with Crippen molar-refractivity contribution in [1.82, 2.24) is 0 Å². The molecule has 2 rings (SSSR count). The van der Waals surface area contributed by atoms with Crippen LogP contribution in [0.2, 0.25) is 0 Å². The predicted octanol–water partition coefficient (Wildman–Crippen LogP) is 3.53. The normalized spacial score (nSPS) is 44.5. The van der Waals surface area contributed by atoms with Gasteiger partial charge in [0, 0.05) is 0 Å². The van der Waals surface area contributed by atoms with Crippen LogP contribution in [-0.2, 0) is 0 Å². The first-order valence-electron chi connectivity index (χ1n) is 6.24. The minimum absolute atomic E-state index is 0.428. The standard InChI is InChI=1S/C14H24O/c1-10-8-12-11(9-14(10,4)15)6-5-7-13(12,2)3/h6,10,12,15H,5,7-9H2,1-4H3. The molecule has 0 radical (unpaired) electrons. The van der Waals surface area contributed by atoms with Gasteiger partial charge in [-0.3, -0.25) is 0 Å². The van der Waals surface area contributed by atoms with Crippen molar-refractivity contribution in [2.45, 2.75) is 59.0 Å². The summed E-state index contributed by atoms with van der Waals surface area (Å²) in [6.45, 7) is 8.96. The lowest BCUT2D eigenvalue weighted by molar-refractivity contribution is -0.0353. The summed E-state index contributed by atoms with van der Waals surface area (Å²) in [4.78, 5) is 0. The van der Waals surface area contributed by atoms with Crippen molar-refractivity contribution in [1.29, 1.82) is 0 Å². The van der Waals surface area contributed by atoms with Gasteiger partial charge in [-0.2, -0.15) is 0 Å². The lowest BCUT2D eigenvalue weighted by Gasteiger charge is -2.49. The zero-order valence-corrected chi connectivity index (χ0v) is 10.5. The molecule has 0 bridgehead atoms. The molecule has 1 saturated carbocycles. The van der Waals surface area contributed by atoms with Gasteiger partial charge in [0.1, 0.15) is 0 Å². The van der Waals surface area contributed by atoms with Crippen LogP contribution >= 0.6 is 0 Å². The van der Waals surface area contributed by atoms with Gasteiger partial charge in [-0.05, 0) is 49.9 Å². The van der Waals surface area contributed by atoms with Crippen molar-refractivity contribution in [2.24, 2.45) is 17.3 Å². The van der Waals surface area contributed by atoms with E-state index in [-0.39, 0.29) is 0 Å². The van der Waals surface area contributed by atoms with E-state index in [4.69, 9.17) is 0 Å². The van der Waals surface area contributed by atoms with Crippen LogP contribution < -0.4 is 0 Å². The fraction of sp³-hybridized carbons (Fsp3) is 0.857. The van der Waals surface area contributed by atoms with Gasteiger partial charge >= 0.3 is 0 Å². The van der Waals surface area contributed by atoms with Crippen LogP contribution in [0.1, 0.15) is 53.4 Å². The van der Waals surface area contributed by atoms with E-state index >= 15 is 0 Å². The van der Waals surface area contributed by atoms with Crippen LogP contribution in [0.4, 0.5) is 0 Å². The number of fused-ring (bicyclic) bond motifs is 1. The molecule has 0 aliphatic heterocycles. The summed E-state index contributed by atoms with van der Waals surface area (Å²) in [5, 5.41) is 10.3. The van der Waals surface area contributed by atoms with Crippen LogP contribution in [0, 0.1) is 17.3 Å². The molecule has 0 spiro atoms. The molecule has 3 unspecified atom stereocenters. The maximum atomic E-state index is 10.3. The van der Waals surface area contributed by atoms with E-state index in [1.807, 2.05) is 6.92 Å². The molecule has 15 heavy (non-hydrogen) atoms. The van der Waals surface area contributed by atoms with Crippen molar-refractivity contribution < 1.29 is 5.11 Å². The summed E-state index contributed by atoms with van der Waals surface area (Å²) in [5.74, 6) is 1.14. The highest BCUT2D eigenvalue weighted by molar-refractivity contribution is 5.20. The summed E-state index contributed by atoms with van der Waals surface area (Å²) in [5.41, 5.74) is 1.49. The van der Waals surface area contributed by atoms with E-state index in [9.17, 15) is 5.11 Å². The van der Waals surface area contributed by atoms with Crippen molar-refractivity contribution in [3.63, 3.8) is 0 Å². The van der Waals surface area contributed by atoms with E-state index in [0.717, 1.165) is 12.8 Å². The Bertz CT molecular complexity index is 286. The quantitative estimate of drug-likeness (QED) is 0.604. The Morgan fingerprint density at radius 2 is 2.00 bits per heavy atom. The Morgan fingerprint density at radius 1 is 1.33 bits per heavy atom. The number of hydrogen-bond donors (Lipinski definition) is 1. The fourth-order valence-corrected chi connectivity index (χ4v) is 3.31. The molecule has 0 aromatic rings. The van der Waals surface area contributed by atoms with Crippen molar-refractivity contribution >= 4 is 0 Å². The molecular weight excluding hydrogens is 184 g/mol. The van der Waals surface area contributed by atoms with Gasteiger partial charge in [-0.25, -0.2) is 0 Å². The monoisotopic (exact) mass is 208 g/mol. The summed E-state index contributed by atoms with van der Waals surface area (Å²) < 4.78 is 0. The first-order chi connectivity index (χ1) is 6.83. The minimum atomic E-state index is -0.476. The molecule has 86 valence electrons. The molecule has 1 fully saturated rings. The van der Waals surface area contributed by atoms with E-state index < -0.39 is 5.60 Å². The van der Waals surface area contributed by atoms with Crippen LogP contribution in [-0.4, -0.2) is 10.7 Å². The van der Waals surface area contributed by atoms with Gasteiger partial charge in [0.2, 0.25) is 0 Å². The van der Waals surface area contributed by atoms with Gasteiger partial charge in [-0.1, -0.05) is 32.4 Å². The molecule has 3 atom stereocenters. The lowest BCUT2D eigenvalue weighted by atomic mass is 9.58. The van der Waals surface area contributed by atoms with Crippen molar-refractivity contribution in [2.75, 3.05) is 0 Å². The molecule has 1 nitrogen and oxygen atoms in total. The Kier molecular flexibility index (Phi) is 2.50. The SMILES string of the molecule is CC1CC2C(=CCCC2(C)C)CC1(C)O. The number of hydrogen-bond acceptors (Lipinski definition) is 1. The highest BCUT2D eigenvalue weighted by Crippen LogP contribution is 2.51. The highest BCUT2D eigenvalue weighted by atomic mass is 16.3. The molecule has 2 aliphatic carbocycles. The van der Waals surface area contributed by atoms with E-state index in [1.165, 1.54) is 18.4 Å². The van der Waals surface area contributed by atoms with Crippen molar-refractivity contribution in [3.8, 4) is 0 Å². The Morgan fingerprint density at radius 3 is 2.67 bits per heavy atom. The second kappa shape index (κ2) is 3.35. The summed E-state index contributed by atoms with van der Waals surface area (Å²) in [6.07, 6.45) is 6.93. The van der Waals surface area contributed by atoms with E-state index in [0.29, 0.717) is 17.3 Å². The largest absolute Gasteiger partial charge is 0.390 e. The predicted molar refractivity (Wildman–Crippen MR) is 63.6 cm³/mol. The highest BCUT2D eigenvalue weighted by Gasteiger charge is 2.44. The van der Waals surface area contributed by atoms with Crippen LogP contribution in [0.15, 0.2) is 11.6 Å². The Hall–Kier alpha value is -0.300. The second-order valence-electron chi connectivity index (χ2n) is 6.53. The molecule has 1 N–H and O–H groups in total. The Balaban J connectivity index is 2.27. The van der Waals surface area contributed by atoms with Gasteiger partial charge < -0.3 is 5.11 Å². The Labute approximate surface area is 93.6 Å². The fourth-order valence-electron chi connectivity index (χ4n) is 3.31. The number of aliphatic hydroxyl groups is 1. The van der Waals surface area contributed by atoms with Gasteiger partial charge in [-0.15, -0.1) is 0 Å². The van der Waals surface area contributed by atoms with Crippen LogP contribution in [0.5, 0.6) is 0 Å². The zero-order valence-electron chi connectivity index (χ0n) is 10.5. The first kappa shape index (κ1) is 11.2. The van der Waals surface area contributed by atoms with Crippen LogP contribution in [0.3, 0.4) is 0 Å². The van der Waals surface area contributed by atoms with Gasteiger partial charge in [0.25, 0.3) is 0 Å². The molecule has 0 amide bonds.